The smallest absolute Gasteiger partial charge is 0.226 e. The van der Waals surface area contributed by atoms with Gasteiger partial charge in [0.15, 0.2) is 0 Å². The van der Waals surface area contributed by atoms with Crippen molar-refractivity contribution in [1.29, 1.82) is 0 Å². The Hall–Kier alpha value is -0.720. The van der Waals surface area contributed by atoms with Crippen LogP contribution in [0.3, 0.4) is 0 Å². The predicted molar refractivity (Wildman–Crippen MR) is 49.9 cm³/mol. The third-order valence-corrected chi connectivity index (χ3v) is 1.53. The van der Waals surface area contributed by atoms with Gasteiger partial charge in [-0.15, -0.1) is 0 Å². The summed E-state index contributed by atoms with van der Waals surface area (Å²) in [6.07, 6.45) is 1.33. The van der Waals surface area contributed by atoms with Crippen molar-refractivity contribution in [3.8, 4) is 11.8 Å². The zero-order valence-corrected chi connectivity index (χ0v) is 7.66. The molecule has 1 rings (SSSR count). The van der Waals surface area contributed by atoms with Gasteiger partial charge >= 0.3 is 0 Å². The summed E-state index contributed by atoms with van der Waals surface area (Å²) in [6.45, 7) is 0. The lowest BCUT2D eigenvalue weighted by molar-refractivity contribution is 0.584. The Bertz CT molecular complexity index is 343. The van der Waals surface area contributed by atoms with E-state index in [0.717, 1.165) is 0 Å². The van der Waals surface area contributed by atoms with Gasteiger partial charge in [-0.2, -0.15) is 17.0 Å². The summed E-state index contributed by atoms with van der Waals surface area (Å²) in [5, 5.41) is -0.0130. The van der Waals surface area contributed by atoms with Crippen LogP contribution >= 0.6 is 24.2 Å². The lowest BCUT2D eigenvalue weighted by atomic mass is 10.3. The van der Waals surface area contributed by atoms with E-state index in [-0.39, 0.29) is 5.02 Å². The molecule has 0 aliphatic heterocycles. The van der Waals surface area contributed by atoms with E-state index in [0.29, 0.717) is 11.3 Å². The molecule has 0 N–H and O–H groups in total. The molecule has 0 fully saturated rings. The summed E-state index contributed by atoms with van der Waals surface area (Å²) < 4.78 is 12.5. The highest BCUT2D eigenvalue weighted by Gasteiger charge is 1.99. The van der Waals surface area contributed by atoms with Crippen LogP contribution in [0.4, 0.5) is 4.39 Å². The minimum Gasteiger partial charge on any atom is -0.226 e. The average Bonchev–Trinajstić information content (AvgIpc) is 2.07. The van der Waals surface area contributed by atoms with Crippen LogP contribution in [-0.2, 0) is 0 Å². The molecule has 0 aromatic carbocycles. The van der Waals surface area contributed by atoms with Gasteiger partial charge in [-0.3, -0.25) is 0 Å². The normalized spacial score (nSPS) is 8.92. The van der Waals surface area contributed by atoms with Crippen LogP contribution in [0.2, 0.25) is 5.02 Å². The van der Waals surface area contributed by atoms with Gasteiger partial charge in [0.25, 0.3) is 0 Å². The topological polar surface area (TPSA) is 12.9 Å². The Labute approximate surface area is 80.4 Å². The zero-order chi connectivity index (χ0) is 8.97. The third kappa shape index (κ3) is 2.40. The molecule has 1 heterocycles. The number of hydrogen-bond donors (Lipinski definition) is 1. The second-order valence-electron chi connectivity index (χ2n) is 1.96. The summed E-state index contributed by atoms with van der Waals surface area (Å²) >= 11 is 9.36. The van der Waals surface area contributed by atoms with Crippen molar-refractivity contribution in [3.63, 3.8) is 0 Å². The van der Waals surface area contributed by atoms with E-state index in [2.05, 4.69) is 29.5 Å². The molecule has 1 aromatic rings. The molecule has 0 saturated carbocycles. The zero-order valence-electron chi connectivity index (χ0n) is 6.01. The van der Waals surface area contributed by atoms with Crippen molar-refractivity contribution in [2.75, 3.05) is 5.75 Å². The van der Waals surface area contributed by atoms with E-state index in [1.165, 1.54) is 12.3 Å². The Morgan fingerprint density at radius 3 is 3.00 bits per heavy atom. The molecule has 0 amide bonds. The van der Waals surface area contributed by atoms with E-state index in [9.17, 15) is 4.39 Å². The first-order valence-corrected chi connectivity index (χ1v) is 4.16. The van der Waals surface area contributed by atoms with Crippen LogP contribution in [0.5, 0.6) is 0 Å². The van der Waals surface area contributed by atoms with Gasteiger partial charge in [0.2, 0.25) is 5.95 Å². The Morgan fingerprint density at radius 1 is 1.67 bits per heavy atom. The summed E-state index contributed by atoms with van der Waals surface area (Å²) in [5.74, 6) is 5.21. The van der Waals surface area contributed by atoms with Gasteiger partial charge in [0, 0.05) is 11.8 Å². The predicted octanol–water partition coefficient (Wildman–Crippen LogP) is 2.16. The molecule has 0 radical (unpaired) electrons. The van der Waals surface area contributed by atoms with Gasteiger partial charge < -0.3 is 0 Å². The summed E-state index contributed by atoms with van der Waals surface area (Å²) in [7, 11) is 0. The molecule has 4 heteroatoms. The standard InChI is InChI=1S/C8H5ClFNS/c9-7-4-6(2-1-3-12)5-11-8(7)10/h4-5,12H,3H2. The van der Waals surface area contributed by atoms with Crippen LogP contribution in [0.1, 0.15) is 5.56 Å². The molecule has 0 saturated heterocycles. The summed E-state index contributed by atoms with van der Waals surface area (Å²) in [4.78, 5) is 3.41. The first-order valence-electron chi connectivity index (χ1n) is 3.15. The maximum atomic E-state index is 12.5. The molecule has 0 bridgehead atoms. The van der Waals surface area contributed by atoms with E-state index < -0.39 is 5.95 Å². The number of thiol groups is 1. The highest BCUT2D eigenvalue weighted by Crippen LogP contribution is 2.12. The van der Waals surface area contributed by atoms with Crippen molar-refractivity contribution < 1.29 is 4.39 Å². The Kier molecular flexibility index (Phi) is 3.39. The van der Waals surface area contributed by atoms with Gasteiger partial charge in [-0.05, 0) is 6.07 Å². The molecule has 12 heavy (non-hydrogen) atoms. The first kappa shape index (κ1) is 9.37. The summed E-state index contributed by atoms with van der Waals surface area (Å²) in [5.41, 5.74) is 0.593. The molecule has 1 aromatic heterocycles. The summed E-state index contributed by atoms with van der Waals surface area (Å²) in [6, 6.07) is 1.43. The minimum atomic E-state index is -0.673. The molecular weight excluding hydrogens is 197 g/mol. The van der Waals surface area contributed by atoms with E-state index in [1.807, 2.05) is 0 Å². The van der Waals surface area contributed by atoms with Crippen molar-refractivity contribution >= 4 is 24.2 Å². The van der Waals surface area contributed by atoms with E-state index in [1.54, 1.807) is 0 Å². The van der Waals surface area contributed by atoms with E-state index >= 15 is 0 Å². The quantitative estimate of drug-likeness (QED) is 0.386. The van der Waals surface area contributed by atoms with Crippen LogP contribution in [0, 0.1) is 17.8 Å². The number of halogens is 2. The minimum absolute atomic E-state index is 0.0130. The number of hydrogen-bond acceptors (Lipinski definition) is 2. The molecule has 0 spiro atoms. The van der Waals surface area contributed by atoms with Gasteiger partial charge in [-0.1, -0.05) is 23.4 Å². The fourth-order valence-electron chi connectivity index (χ4n) is 0.631. The molecule has 0 atom stereocenters. The van der Waals surface area contributed by atoms with Crippen LogP contribution in [0.15, 0.2) is 12.3 Å². The first-order chi connectivity index (χ1) is 5.74. The van der Waals surface area contributed by atoms with Crippen LogP contribution in [-0.4, -0.2) is 10.7 Å². The fraction of sp³-hybridized carbons (Fsp3) is 0.125. The molecular formula is C8H5ClFNS. The van der Waals surface area contributed by atoms with Crippen molar-refractivity contribution in [2.45, 2.75) is 0 Å². The number of rotatable bonds is 0. The average molecular weight is 202 g/mol. The number of pyridine rings is 1. The SMILES string of the molecule is Fc1ncc(C#CCS)cc1Cl. The van der Waals surface area contributed by atoms with E-state index in [4.69, 9.17) is 11.6 Å². The van der Waals surface area contributed by atoms with Crippen molar-refractivity contribution in [2.24, 2.45) is 0 Å². The van der Waals surface area contributed by atoms with Gasteiger partial charge in [0.1, 0.15) is 0 Å². The highest BCUT2D eigenvalue weighted by molar-refractivity contribution is 7.80. The monoisotopic (exact) mass is 201 g/mol. The lowest BCUT2D eigenvalue weighted by Crippen LogP contribution is -1.85. The molecule has 62 valence electrons. The third-order valence-electron chi connectivity index (χ3n) is 1.11. The highest BCUT2D eigenvalue weighted by atomic mass is 35.5. The van der Waals surface area contributed by atoms with Crippen molar-refractivity contribution in [3.05, 3.63) is 28.8 Å². The molecule has 0 aliphatic rings. The Balaban J connectivity index is 2.97. The van der Waals surface area contributed by atoms with Crippen molar-refractivity contribution in [1.82, 2.24) is 4.98 Å². The van der Waals surface area contributed by atoms with Crippen LogP contribution < -0.4 is 0 Å². The largest absolute Gasteiger partial charge is 0.231 e. The maximum absolute atomic E-state index is 12.5. The van der Waals surface area contributed by atoms with Gasteiger partial charge in [-0.25, -0.2) is 4.98 Å². The molecule has 1 nitrogen and oxygen atoms in total. The Morgan fingerprint density at radius 2 is 2.42 bits per heavy atom. The number of nitrogens with zero attached hydrogens (tertiary/aromatic N) is 1. The molecule has 0 unspecified atom stereocenters. The number of aromatic nitrogens is 1. The fourth-order valence-corrected chi connectivity index (χ4v) is 0.877. The second-order valence-corrected chi connectivity index (χ2v) is 2.68. The second kappa shape index (κ2) is 4.34. The lowest BCUT2D eigenvalue weighted by Gasteiger charge is -1.92. The van der Waals surface area contributed by atoms with Crippen LogP contribution in [0.25, 0.3) is 0 Å². The van der Waals surface area contributed by atoms with Gasteiger partial charge in [0.05, 0.1) is 10.8 Å². The maximum Gasteiger partial charge on any atom is 0.231 e. The molecule has 0 aliphatic carbocycles.